The van der Waals surface area contributed by atoms with Crippen LogP contribution in [-0.2, 0) is 17.9 Å². The molecular weight excluding hydrogens is 358 g/mol. The number of aromatic nitrogens is 1. The summed E-state index contributed by atoms with van der Waals surface area (Å²) in [7, 11) is 0. The first-order chi connectivity index (χ1) is 13.5. The number of carbonyl (C=O) groups excluding carboxylic acids is 2. The fourth-order valence-electron chi connectivity index (χ4n) is 2.75. The highest BCUT2D eigenvalue weighted by atomic mass is 16.4. The summed E-state index contributed by atoms with van der Waals surface area (Å²) in [6.45, 7) is 4.15. The minimum Gasteiger partial charge on any atom is -0.408 e. The Morgan fingerprint density at radius 2 is 1.82 bits per heavy atom. The number of fused-ring (bicyclic) bond motifs is 1. The quantitative estimate of drug-likeness (QED) is 0.657. The number of nitrogens with one attached hydrogen (secondary N) is 2. The molecule has 7 heteroatoms. The highest BCUT2D eigenvalue weighted by Gasteiger charge is 2.12. The fraction of sp³-hybridized carbons (Fsp3) is 0.286. The average molecular weight is 381 g/mol. The number of benzene rings is 2. The van der Waals surface area contributed by atoms with Crippen molar-refractivity contribution in [3.8, 4) is 0 Å². The van der Waals surface area contributed by atoms with Crippen LogP contribution >= 0.6 is 0 Å². The summed E-state index contributed by atoms with van der Waals surface area (Å²) in [6.07, 6.45) is 0.866. The molecular formula is C21H23N3O4. The summed E-state index contributed by atoms with van der Waals surface area (Å²) in [5, 5.41) is 5.69. The van der Waals surface area contributed by atoms with Crippen LogP contribution in [0.1, 0.15) is 36.2 Å². The molecule has 2 amide bonds. The molecule has 0 unspecified atom stereocenters. The molecule has 0 aliphatic rings. The minimum atomic E-state index is -0.562. The predicted octanol–water partition coefficient (Wildman–Crippen LogP) is 2.44. The van der Waals surface area contributed by atoms with Crippen LogP contribution in [0.4, 0.5) is 0 Å². The lowest BCUT2D eigenvalue weighted by atomic mass is 10.1. The van der Waals surface area contributed by atoms with Gasteiger partial charge in [-0.3, -0.25) is 14.2 Å². The number of hydrogen-bond acceptors (Lipinski definition) is 4. The number of amides is 2. The van der Waals surface area contributed by atoms with Crippen LogP contribution in [0.2, 0.25) is 0 Å². The van der Waals surface area contributed by atoms with Crippen LogP contribution in [0.3, 0.4) is 0 Å². The molecule has 1 heterocycles. The molecule has 3 rings (SSSR count). The van der Waals surface area contributed by atoms with Crippen molar-refractivity contribution in [3.63, 3.8) is 0 Å². The van der Waals surface area contributed by atoms with Gasteiger partial charge in [0.05, 0.1) is 5.52 Å². The molecule has 0 aliphatic carbocycles. The lowest BCUT2D eigenvalue weighted by molar-refractivity contribution is -0.121. The summed E-state index contributed by atoms with van der Waals surface area (Å²) in [6, 6.07) is 14.1. The Morgan fingerprint density at radius 3 is 2.54 bits per heavy atom. The lowest BCUT2D eigenvalue weighted by Crippen LogP contribution is -2.32. The Morgan fingerprint density at radius 1 is 1.11 bits per heavy atom. The molecule has 0 fully saturated rings. The molecule has 28 heavy (non-hydrogen) atoms. The van der Waals surface area contributed by atoms with E-state index in [0.717, 1.165) is 12.0 Å². The second kappa shape index (κ2) is 8.56. The lowest BCUT2D eigenvalue weighted by Gasteiger charge is -2.11. The molecule has 0 saturated carbocycles. The van der Waals surface area contributed by atoms with Crippen LogP contribution < -0.4 is 16.4 Å². The average Bonchev–Trinajstić information content (AvgIpc) is 3.02. The summed E-state index contributed by atoms with van der Waals surface area (Å²) < 4.78 is 6.42. The predicted molar refractivity (Wildman–Crippen MR) is 106 cm³/mol. The standard InChI is InChI=1S/C21H23N3O4/c1-3-14(2)23-20(26)16-10-8-15(9-11-16)12-22-19(25)13-24-17-6-4-5-7-18(17)28-21(24)27/h4-11,14H,3,12-13H2,1-2H3,(H,22,25)(H,23,26)/t14-/m0/s1. The molecule has 1 atom stereocenters. The van der Waals surface area contributed by atoms with E-state index in [-0.39, 0.29) is 24.4 Å². The normalized spacial score (nSPS) is 11.9. The number of rotatable bonds is 7. The molecule has 0 spiro atoms. The van der Waals surface area contributed by atoms with Gasteiger partial charge in [0.1, 0.15) is 6.54 Å². The van der Waals surface area contributed by atoms with Gasteiger partial charge in [-0.25, -0.2) is 4.79 Å². The maximum atomic E-state index is 12.2. The zero-order chi connectivity index (χ0) is 20.1. The van der Waals surface area contributed by atoms with E-state index in [9.17, 15) is 14.4 Å². The molecule has 1 aromatic heterocycles. The second-order valence-corrected chi connectivity index (χ2v) is 6.68. The summed E-state index contributed by atoms with van der Waals surface area (Å²) in [5.41, 5.74) is 2.47. The van der Waals surface area contributed by atoms with E-state index in [0.29, 0.717) is 23.2 Å². The van der Waals surface area contributed by atoms with Crippen molar-refractivity contribution >= 4 is 22.9 Å². The van der Waals surface area contributed by atoms with Crippen molar-refractivity contribution in [3.05, 3.63) is 70.2 Å². The topological polar surface area (TPSA) is 93.3 Å². The van der Waals surface area contributed by atoms with Crippen molar-refractivity contribution in [2.45, 2.75) is 39.4 Å². The van der Waals surface area contributed by atoms with Gasteiger partial charge in [0.15, 0.2) is 5.58 Å². The van der Waals surface area contributed by atoms with E-state index in [1.54, 1.807) is 48.5 Å². The Hall–Kier alpha value is -3.35. The van der Waals surface area contributed by atoms with E-state index in [4.69, 9.17) is 4.42 Å². The number of carbonyl (C=O) groups is 2. The molecule has 0 radical (unpaired) electrons. The van der Waals surface area contributed by atoms with Gasteiger partial charge in [-0.05, 0) is 43.2 Å². The van der Waals surface area contributed by atoms with Crippen LogP contribution in [0, 0.1) is 0 Å². The molecule has 2 aromatic carbocycles. The van der Waals surface area contributed by atoms with Gasteiger partial charge in [-0.15, -0.1) is 0 Å². The molecule has 146 valence electrons. The largest absolute Gasteiger partial charge is 0.420 e. The van der Waals surface area contributed by atoms with Crippen molar-refractivity contribution in [2.75, 3.05) is 0 Å². The Bertz CT molecular complexity index is 1030. The Kier molecular flexibility index (Phi) is 5.93. The SMILES string of the molecule is CC[C@H](C)NC(=O)c1ccc(CNC(=O)Cn2c(=O)oc3ccccc32)cc1. The zero-order valence-electron chi connectivity index (χ0n) is 15.9. The van der Waals surface area contributed by atoms with Gasteiger partial charge in [0, 0.05) is 18.2 Å². The van der Waals surface area contributed by atoms with E-state index < -0.39 is 5.76 Å². The van der Waals surface area contributed by atoms with E-state index in [1.807, 2.05) is 13.8 Å². The molecule has 0 bridgehead atoms. The number of nitrogens with zero attached hydrogens (tertiary/aromatic N) is 1. The van der Waals surface area contributed by atoms with E-state index in [2.05, 4.69) is 10.6 Å². The van der Waals surface area contributed by atoms with Gasteiger partial charge in [-0.1, -0.05) is 31.2 Å². The number of hydrogen-bond donors (Lipinski definition) is 2. The minimum absolute atomic E-state index is 0.115. The molecule has 0 aliphatic heterocycles. The third-order valence-corrected chi connectivity index (χ3v) is 4.57. The van der Waals surface area contributed by atoms with Gasteiger partial charge in [0.25, 0.3) is 5.91 Å². The zero-order valence-corrected chi connectivity index (χ0v) is 15.9. The van der Waals surface area contributed by atoms with Crippen LogP contribution in [0.5, 0.6) is 0 Å². The van der Waals surface area contributed by atoms with Crippen molar-refractivity contribution in [2.24, 2.45) is 0 Å². The van der Waals surface area contributed by atoms with Gasteiger partial charge < -0.3 is 15.1 Å². The maximum absolute atomic E-state index is 12.2. The highest BCUT2D eigenvalue weighted by molar-refractivity contribution is 5.94. The molecule has 0 saturated heterocycles. The van der Waals surface area contributed by atoms with E-state index >= 15 is 0 Å². The molecule has 7 nitrogen and oxygen atoms in total. The number of para-hydroxylation sites is 2. The van der Waals surface area contributed by atoms with Crippen molar-refractivity contribution in [1.29, 1.82) is 0 Å². The first-order valence-corrected chi connectivity index (χ1v) is 9.22. The van der Waals surface area contributed by atoms with E-state index in [1.165, 1.54) is 4.57 Å². The van der Waals surface area contributed by atoms with Gasteiger partial charge >= 0.3 is 5.76 Å². The first-order valence-electron chi connectivity index (χ1n) is 9.22. The monoisotopic (exact) mass is 381 g/mol. The van der Waals surface area contributed by atoms with Gasteiger partial charge in [-0.2, -0.15) is 0 Å². The third-order valence-electron chi connectivity index (χ3n) is 4.57. The third kappa shape index (κ3) is 4.49. The van der Waals surface area contributed by atoms with Crippen LogP contribution in [0.25, 0.3) is 11.1 Å². The first kappa shape index (κ1) is 19.4. The van der Waals surface area contributed by atoms with Crippen molar-refractivity contribution < 1.29 is 14.0 Å². The summed E-state index contributed by atoms with van der Waals surface area (Å²) in [4.78, 5) is 36.2. The summed E-state index contributed by atoms with van der Waals surface area (Å²) in [5.74, 6) is -0.976. The highest BCUT2D eigenvalue weighted by Crippen LogP contribution is 2.11. The fourth-order valence-corrected chi connectivity index (χ4v) is 2.75. The number of oxazole rings is 1. The maximum Gasteiger partial charge on any atom is 0.420 e. The summed E-state index contributed by atoms with van der Waals surface area (Å²) >= 11 is 0. The van der Waals surface area contributed by atoms with Crippen LogP contribution in [-0.4, -0.2) is 22.4 Å². The van der Waals surface area contributed by atoms with Gasteiger partial charge in [0.2, 0.25) is 5.91 Å². The smallest absolute Gasteiger partial charge is 0.408 e. The van der Waals surface area contributed by atoms with Crippen LogP contribution in [0.15, 0.2) is 57.7 Å². The Balaban J connectivity index is 1.58. The molecule has 2 N–H and O–H groups in total. The Labute approximate surface area is 162 Å². The van der Waals surface area contributed by atoms with Crippen molar-refractivity contribution in [1.82, 2.24) is 15.2 Å². The second-order valence-electron chi connectivity index (χ2n) is 6.68. The molecule has 3 aromatic rings.